The first kappa shape index (κ1) is 52.5. The fraction of sp³-hybridized carbons (Fsp3) is 0.766. The van der Waals surface area contributed by atoms with Crippen molar-refractivity contribution in [3.05, 3.63) is 23.3 Å². The van der Waals surface area contributed by atoms with E-state index >= 15 is 0 Å². The predicted molar refractivity (Wildman–Crippen MR) is 236 cm³/mol. The molecule has 4 aliphatic rings. The summed E-state index contributed by atoms with van der Waals surface area (Å²) in [6.07, 6.45) is 4.31. The van der Waals surface area contributed by atoms with Crippen molar-refractivity contribution in [1.82, 2.24) is 4.90 Å². The van der Waals surface area contributed by atoms with Crippen LogP contribution in [0.25, 0.3) is 0 Å². The molecular formula is C47H72N2O13S. The highest BCUT2D eigenvalue weighted by molar-refractivity contribution is 7.99. The number of carbonyl (C=O) groups is 7. The Morgan fingerprint density at radius 2 is 1.68 bits per heavy atom. The zero-order valence-corrected chi connectivity index (χ0v) is 38.7. The highest BCUT2D eigenvalue weighted by Crippen LogP contribution is 2.41. The summed E-state index contributed by atoms with van der Waals surface area (Å²) >= 11 is 1.67. The number of aliphatic hydroxyl groups excluding tert-OH is 2. The van der Waals surface area contributed by atoms with Crippen LogP contribution < -0.4 is 5.73 Å². The topological polar surface area (TPSA) is 237 Å². The van der Waals surface area contributed by atoms with E-state index in [1.54, 1.807) is 38.6 Å². The minimum Gasteiger partial charge on any atom is -0.456 e. The number of esters is 1. The highest BCUT2D eigenvalue weighted by atomic mass is 32.2. The number of hydrogen-bond acceptors (Lipinski definition) is 15. The van der Waals surface area contributed by atoms with Crippen LogP contribution in [0.15, 0.2) is 23.3 Å². The molecule has 2 saturated heterocycles. The highest BCUT2D eigenvalue weighted by Gasteiger charge is 2.56. The molecule has 15 atom stereocenters. The number of ether oxygens (including phenoxy) is 3. The standard InChI is InChI=1S/C47H72N2O13S/c1-27-16-33(23-50)20-36(25-52)43-35(24-51)19-29(3)47(59,62-43)44(56)45(57)49-14-8-7-11-37(49)46(58)61-42(28(2)18-32-12-13-38(53)41(21-32)60-6)31(5)39(54)22-40(55)34(17-27)10-9-15-63-26-30(4)48/h17-18,23-25,29-39,41-43,53-54,59H,7-16,19-22,26,48H2,1-6H3/b27-17+,28-18+/t29-,30-,31-,32+,33+,34-,35-,36-,37+,38-,39+,41-,42-,43+,47-/m1/s1. The molecule has 15 nitrogen and oxygen atoms in total. The molecule has 4 rings (SSSR count). The van der Waals surface area contributed by atoms with Crippen molar-refractivity contribution in [2.24, 2.45) is 47.2 Å². The van der Waals surface area contributed by atoms with Gasteiger partial charge >= 0.3 is 5.97 Å². The van der Waals surface area contributed by atoms with Gasteiger partial charge in [0.2, 0.25) is 5.79 Å². The molecule has 3 fully saturated rings. The fourth-order valence-corrected chi connectivity index (χ4v) is 10.8. The van der Waals surface area contributed by atoms with Gasteiger partial charge in [-0.05, 0) is 109 Å². The van der Waals surface area contributed by atoms with Gasteiger partial charge in [0.05, 0.1) is 24.4 Å². The summed E-state index contributed by atoms with van der Waals surface area (Å²) in [5.74, 6) is -10.4. The monoisotopic (exact) mass is 904 g/mol. The summed E-state index contributed by atoms with van der Waals surface area (Å²) < 4.78 is 17.8. The first-order valence-electron chi connectivity index (χ1n) is 22.8. The van der Waals surface area contributed by atoms with Gasteiger partial charge < -0.3 is 54.5 Å². The lowest BCUT2D eigenvalue weighted by Gasteiger charge is -2.45. The second-order valence-corrected chi connectivity index (χ2v) is 19.9. The number of aldehydes is 3. The number of rotatable bonds is 12. The van der Waals surface area contributed by atoms with Crippen LogP contribution in [0.4, 0.5) is 0 Å². The van der Waals surface area contributed by atoms with Gasteiger partial charge in [-0.3, -0.25) is 14.4 Å². The molecule has 3 heterocycles. The number of nitrogens with zero attached hydrogens (tertiary/aromatic N) is 1. The molecule has 0 aromatic heterocycles. The molecule has 0 radical (unpaired) electrons. The van der Waals surface area contributed by atoms with E-state index in [1.165, 1.54) is 14.0 Å². The maximum Gasteiger partial charge on any atom is 0.329 e. The molecule has 0 aromatic carbocycles. The van der Waals surface area contributed by atoms with Crippen molar-refractivity contribution in [3.8, 4) is 0 Å². The number of carbonyl (C=O) groups excluding carboxylic acids is 7. The second kappa shape index (κ2) is 24.4. The zero-order chi connectivity index (χ0) is 46.6. The van der Waals surface area contributed by atoms with Crippen LogP contribution in [0, 0.1) is 41.4 Å². The van der Waals surface area contributed by atoms with Crippen LogP contribution in [0.3, 0.4) is 0 Å². The number of fused-ring (bicyclic) bond motifs is 3. The number of ketones is 2. The number of piperidine rings is 1. The van der Waals surface area contributed by atoms with Gasteiger partial charge in [0, 0.05) is 67.4 Å². The smallest absolute Gasteiger partial charge is 0.329 e. The Morgan fingerprint density at radius 3 is 2.33 bits per heavy atom. The van der Waals surface area contributed by atoms with E-state index in [0.29, 0.717) is 75.0 Å². The molecule has 63 heavy (non-hydrogen) atoms. The summed E-state index contributed by atoms with van der Waals surface area (Å²) in [6.45, 7) is 8.61. The molecule has 2 bridgehead atoms. The number of Topliss-reactive ketones (excluding diaryl/α,β-unsaturated/α-hetero) is 2. The van der Waals surface area contributed by atoms with Crippen molar-refractivity contribution in [3.63, 3.8) is 0 Å². The maximum absolute atomic E-state index is 14.4. The molecular weight excluding hydrogens is 833 g/mol. The van der Waals surface area contributed by atoms with Gasteiger partial charge in [-0.1, -0.05) is 31.6 Å². The van der Waals surface area contributed by atoms with Gasteiger partial charge in [-0.25, -0.2) is 4.79 Å². The number of amides is 1. The molecule has 16 heteroatoms. The van der Waals surface area contributed by atoms with Crippen LogP contribution >= 0.6 is 11.8 Å². The third-order valence-electron chi connectivity index (χ3n) is 13.6. The van der Waals surface area contributed by atoms with Crippen molar-refractivity contribution in [2.45, 2.75) is 160 Å². The SMILES string of the molecule is CO[C@@H]1C[C@H](/C=C(\C)[C@H]2OC(=O)[C@@H]3CCCCN3C(=O)C(=O)[C@]3(O)O[C@H]([C@@H](C=O)C[C@@H](C=O)C/C(C)=C/[C@@H](CCCSC[C@@H](C)N)C(=O)C[C@H](O)[C@H]2C)[C@@H](C=O)C[C@H]3C)CC[C@H]1O. The third kappa shape index (κ3) is 13.7. The summed E-state index contributed by atoms with van der Waals surface area (Å²) in [7, 11) is 1.54. The van der Waals surface area contributed by atoms with Crippen LogP contribution in [-0.2, 0) is 47.8 Å². The van der Waals surface area contributed by atoms with E-state index in [-0.39, 0.29) is 56.4 Å². The third-order valence-corrected chi connectivity index (χ3v) is 14.9. The minimum atomic E-state index is -2.76. The number of hydrogen-bond donors (Lipinski definition) is 4. The Hall–Kier alpha value is -3.12. The average molecular weight is 905 g/mol. The molecule has 0 unspecified atom stereocenters. The minimum absolute atomic E-state index is 0.00547. The lowest BCUT2D eigenvalue weighted by Crippen LogP contribution is -2.63. The fourth-order valence-electron chi connectivity index (χ4n) is 9.85. The number of nitrogens with two attached hydrogens (primary N) is 1. The summed E-state index contributed by atoms with van der Waals surface area (Å²) in [5, 5.41) is 34.3. The zero-order valence-electron chi connectivity index (χ0n) is 37.9. The molecule has 354 valence electrons. The first-order chi connectivity index (χ1) is 29.9. The van der Waals surface area contributed by atoms with E-state index in [4.69, 9.17) is 19.9 Å². The van der Waals surface area contributed by atoms with Crippen molar-refractivity contribution in [2.75, 3.05) is 25.2 Å². The van der Waals surface area contributed by atoms with E-state index in [0.717, 1.165) is 16.4 Å². The maximum atomic E-state index is 14.4. The van der Waals surface area contributed by atoms with Crippen LogP contribution in [0.5, 0.6) is 0 Å². The van der Waals surface area contributed by atoms with Gasteiger partial charge in [0.25, 0.3) is 11.7 Å². The van der Waals surface area contributed by atoms with E-state index in [1.807, 2.05) is 13.0 Å². The molecule has 1 aliphatic carbocycles. The lowest BCUT2D eigenvalue weighted by atomic mass is 9.75. The summed E-state index contributed by atoms with van der Waals surface area (Å²) in [5.41, 5.74) is 7.23. The number of cyclic esters (lactones) is 1. The van der Waals surface area contributed by atoms with Crippen LogP contribution in [0.2, 0.25) is 0 Å². The quantitative estimate of drug-likeness (QED) is 0.0719. The van der Waals surface area contributed by atoms with Crippen LogP contribution in [0.1, 0.15) is 112 Å². The molecule has 3 aliphatic heterocycles. The Balaban J connectivity index is 1.80. The number of aliphatic hydroxyl groups is 3. The molecule has 1 amide bonds. The normalized spacial score (nSPS) is 38.6. The van der Waals surface area contributed by atoms with Gasteiger partial charge in [-0.2, -0.15) is 11.8 Å². The van der Waals surface area contributed by atoms with E-state index < -0.39 is 95.5 Å². The number of methoxy groups -OCH3 is 1. The van der Waals surface area contributed by atoms with E-state index in [9.17, 15) is 48.9 Å². The van der Waals surface area contributed by atoms with Gasteiger partial charge in [0.15, 0.2) is 0 Å². The predicted octanol–water partition coefficient (Wildman–Crippen LogP) is 3.70. The number of thioether (sulfide) groups is 1. The molecule has 1 saturated carbocycles. The van der Waals surface area contributed by atoms with Gasteiger partial charge in [-0.15, -0.1) is 0 Å². The average Bonchev–Trinajstić information content (AvgIpc) is 3.26. The summed E-state index contributed by atoms with van der Waals surface area (Å²) in [6, 6.07) is -1.24. The Labute approximate surface area is 376 Å². The molecule has 5 N–H and O–H groups in total. The second-order valence-electron chi connectivity index (χ2n) is 18.8. The molecule has 0 spiro atoms. The van der Waals surface area contributed by atoms with Crippen molar-refractivity contribution < 1.29 is 63.1 Å². The van der Waals surface area contributed by atoms with Crippen molar-refractivity contribution >= 4 is 54.1 Å². The Kier molecular flexibility index (Phi) is 20.3. The Bertz CT molecular complexity index is 1670. The van der Waals surface area contributed by atoms with E-state index in [2.05, 4.69) is 0 Å². The molecule has 0 aromatic rings. The summed E-state index contributed by atoms with van der Waals surface area (Å²) in [4.78, 5) is 95.9. The number of allylic oxidation sites excluding steroid dienone is 3. The lowest BCUT2D eigenvalue weighted by molar-refractivity contribution is -0.278. The van der Waals surface area contributed by atoms with Gasteiger partial charge in [0.1, 0.15) is 36.8 Å². The van der Waals surface area contributed by atoms with Crippen LogP contribution in [-0.4, -0.2) is 136 Å². The largest absolute Gasteiger partial charge is 0.456 e. The first-order valence-corrected chi connectivity index (χ1v) is 24.0. The Morgan fingerprint density at radius 1 is 0.984 bits per heavy atom. The van der Waals surface area contributed by atoms with Crippen molar-refractivity contribution in [1.29, 1.82) is 0 Å².